The van der Waals surface area contributed by atoms with Crippen molar-refractivity contribution in [3.8, 4) is 0 Å². The highest BCUT2D eigenvalue weighted by molar-refractivity contribution is 7.33. The van der Waals surface area contributed by atoms with Gasteiger partial charge in [-0.05, 0) is 25.0 Å². The van der Waals surface area contributed by atoms with Crippen LogP contribution in [-0.2, 0) is 13.6 Å². The molecule has 0 bridgehead atoms. The summed E-state index contributed by atoms with van der Waals surface area (Å²) in [4.78, 5) is 0. The highest BCUT2D eigenvalue weighted by atomic mass is 31.1. The molecule has 0 aromatic rings. The van der Waals surface area contributed by atoms with Crippen molar-refractivity contribution in [3.63, 3.8) is 0 Å². The van der Waals surface area contributed by atoms with Gasteiger partial charge in [-0.2, -0.15) is 0 Å². The lowest BCUT2D eigenvalue weighted by atomic mass is 10.3. The fraction of sp³-hybridized carbons (Fsp3) is 0.667. The van der Waals surface area contributed by atoms with Crippen LogP contribution in [0.5, 0.6) is 0 Å². The van der Waals surface area contributed by atoms with Crippen LogP contribution in [0.4, 0.5) is 0 Å². The van der Waals surface area contributed by atoms with Crippen LogP contribution in [0, 0.1) is 0 Å². The molecule has 0 unspecified atom stereocenters. The molecule has 4 heteroatoms. The molecule has 0 fully saturated rings. The van der Waals surface area contributed by atoms with Crippen LogP contribution in [0.2, 0.25) is 0 Å². The summed E-state index contributed by atoms with van der Waals surface area (Å²) in [5.41, 5.74) is 0. The fourth-order valence-electron chi connectivity index (χ4n) is 1.21. The Balaban J connectivity index is 4.26. The van der Waals surface area contributed by atoms with Gasteiger partial charge in [-0.3, -0.25) is 0 Å². The third kappa shape index (κ3) is 6.73. The Labute approximate surface area is 99.5 Å². The Bertz CT molecular complexity index is 243. The zero-order chi connectivity index (χ0) is 12.4. The molecule has 0 aliphatic carbocycles. The van der Waals surface area contributed by atoms with E-state index in [4.69, 9.17) is 9.05 Å². The van der Waals surface area contributed by atoms with E-state index in [0.717, 1.165) is 37.2 Å². The van der Waals surface area contributed by atoms with E-state index in [1.807, 2.05) is 39.8 Å². The predicted molar refractivity (Wildman–Crippen MR) is 68.5 cm³/mol. The Hall–Kier alpha value is -0.690. The molecule has 0 saturated carbocycles. The standard InChI is InChI=1S/C12H23O3P/c1-5-9-11(7-3)14-16(13)15-12(8-4)10-6-2/h9-10,16H,5-8H2,1-4H3. The molecule has 94 valence electrons. The molecule has 0 amide bonds. The molecule has 0 aromatic heterocycles. The summed E-state index contributed by atoms with van der Waals surface area (Å²) in [6.45, 7) is 7.98. The average Bonchev–Trinajstić information content (AvgIpc) is 2.27. The summed E-state index contributed by atoms with van der Waals surface area (Å²) in [5.74, 6) is 1.50. The van der Waals surface area contributed by atoms with Crippen LogP contribution in [0.25, 0.3) is 0 Å². The molecule has 0 heterocycles. The first-order chi connectivity index (χ1) is 7.67. The molecule has 0 atom stereocenters. The minimum Gasteiger partial charge on any atom is -0.423 e. The lowest BCUT2D eigenvalue weighted by Gasteiger charge is -2.11. The molecular weight excluding hydrogens is 223 g/mol. The SMILES string of the molecule is CCC=C(CC)O[PH](=O)OC(=CCC)CC. The predicted octanol–water partition coefficient (Wildman–Crippen LogP) is 4.82. The minimum absolute atomic E-state index is 0.743. The maximum absolute atomic E-state index is 11.6. The fourth-order valence-corrected chi connectivity index (χ4v) is 2.13. The highest BCUT2D eigenvalue weighted by Gasteiger charge is 2.05. The van der Waals surface area contributed by atoms with Gasteiger partial charge in [0.25, 0.3) is 0 Å². The monoisotopic (exact) mass is 246 g/mol. The summed E-state index contributed by atoms with van der Waals surface area (Å²) in [7, 11) is -2.44. The van der Waals surface area contributed by atoms with Crippen LogP contribution in [-0.4, -0.2) is 0 Å². The van der Waals surface area contributed by atoms with Crippen molar-refractivity contribution in [2.75, 3.05) is 0 Å². The van der Waals surface area contributed by atoms with E-state index in [0.29, 0.717) is 0 Å². The third-order valence-electron chi connectivity index (χ3n) is 1.99. The van der Waals surface area contributed by atoms with Crippen molar-refractivity contribution in [2.24, 2.45) is 0 Å². The molecule has 0 spiro atoms. The van der Waals surface area contributed by atoms with Gasteiger partial charge in [-0.1, -0.05) is 27.7 Å². The molecule has 3 nitrogen and oxygen atoms in total. The van der Waals surface area contributed by atoms with Gasteiger partial charge in [0.15, 0.2) is 0 Å². The summed E-state index contributed by atoms with van der Waals surface area (Å²) >= 11 is 0. The van der Waals surface area contributed by atoms with Crippen molar-refractivity contribution in [3.05, 3.63) is 23.7 Å². The van der Waals surface area contributed by atoms with Crippen LogP contribution < -0.4 is 0 Å². The van der Waals surface area contributed by atoms with Gasteiger partial charge in [0, 0.05) is 12.8 Å². The van der Waals surface area contributed by atoms with E-state index in [1.54, 1.807) is 0 Å². The largest absolute Gasteiger partial charge is 0.423 e. The lowest BCUT2D eigenvalue weighted by molar-refractivity contribution is 0.303. The van der Waals surface area contributed by atoms with Gasteiger partial charge >= 0.3 is 8.25 Å². The van der Waals surface area contributed by atoms with Gasteiger partial charge in [0.2, 0.25) is 0 Å². The number of rotatable bonds is 8. The van der Waals surface area contributed by atoms with Crippen molar-refractivity contribution in [1.29, 1.82) is 0 Å². The van der Waals surface area contributed by atoms with Gasteiger partial charge in [-0.15, -0.1) is 0 Å². The highest BCUT2D eigenvalue weighted by Crippen LogP contribution is 2.33. The number of allylic oxidation sites excluding steroid dienone is 4. The van der Waals surface area contributed by atoms with Crippen molar-refractivity contribution in [1.82, 2.24) is 0 Å². The smallest absolute Gasteiger partial charge is 0.418 e. The summed E-state index contributed by atoms with van der Waals surface area (Å²) < 4.78 is 22.1. The first-order valence-electron chi connectivity index (χ1n) is 5.95. The molecule has 0 N–H and O–H groups in total. The van der Waals surface area contributed by atoms with E-state index in [-0.39, 0.29) is 0 Å². The van der Waals surface area contributed by atoms with Crippen LogP contribution in [0.3, 0.4) is 0 Å². The third-order valence-corrected chi connectivity index (χ3v) is 2.85. The van der Waals surface area contributed by atoms with Gasteiger partial charge in [0.05, 0.1) is 0 Å². The zero-order valence-corrected chi connectivity index (χ0v) is 11.7. The van der Waals surface area contributed by atoms with Crippen molar-refractivity contribution < 1.29 is 13.6 Å². The molecule has 0 aromatic carbocycles. The van der Waals surface area contributed by atoms with Crippen molar-refractivity contribution in [2.45, 2.75) is 53.4 Å². The first-order valence-corrected chi connectivity index (χ1v) is 7.17. The average molecular weight is 246 g/mol. The molecule has 0 saturated heterocycles. The van der Waals surface area contributed by atoms with Crippen LogP contribution >= 0.6 is 8.25 Å². The Morgan fingerprint density at radius 2 is 1.31 bits per heavy atom. The summed E-state index contributed by atoms with van der Waals surface area (Å²) in [6, 6.07) is 0. The molecule has 16 heavy (non-hydrogen) atoms. The Morgan fingerprint density at radius 3 is 1.56 bits per heavy atom. The van der Waals surface area contributed by atoms with E-state index >= 15 is 0 Å². The normalized spacial score (nSPS) is 14.8. The second-order valence-corrected chi connectivity index (χ2v) is 4.23. The second-order valence-electron chi connectivity index (χ2n) is 3.32. The Morgan fingerprint density at radius 1 is 0.938 bits per heavy atom. The topological polar surface area (TPSA) is 35.5 Å². The van der Waals surface area contributed by atoms with E-state index in [1.165, 1.54) is 0 Å². The summed E-state index contributed by atoms with van der Waals surface area (Å²) in [5, 5.41) is 0. The van der Waals surface area contributed by atoms with Gasteiger partial charge in [-0.25, -0.2) is 4.57 Å². The Kier molecular flexibility index (Phi) is 9.12. The van der Waals surface area contributed by atoms with E-state index in [2.05, 4.69) is 0 Å². The molecule has 0 aliphatic heterocycles. The van der Waals surface area contributed by atoms with Crippen molar-refractivity contribution >= 4 is 8.25 Å². The first kappa shape index (κ1) is 15.3. The summed E-state index contributed by atoms with van der Waals surface area (Å²) in [6.07, 6.45) is 7.11. The van der Waals surface area contributed by atoms with Crippen LogP contribution in [0.15, 0.2) is 23.7 Å². The quantitative estimate of drug-likeness (QED) is 0.455. The molecule has 0 radical (unpaired) electrons. The van der Waals surface area contributed by atoms with E-state index in [9.17, 15) is 4.57 Å². The maximum atomic E-state index is 11.6. The van der Waals surface area contributed by atoms with Crippen LogP contribution in [0.1, 0.15) is 53.4 Å². The number of hydrogen-bond donors (Lipinski definition) is 0. The maximum Gasteiger partial charge on any atom is 0.418 e. The van der Waals surface area contributed by atoms with Gasteiger partial charge < -0.3 is 9.05 Å². The molecular formula is C12H23O3P. The second kappa shape index (κ2) is 9.53. The molecule has 0 aliphatic rings. The lowest BCUT2D eigenvalue weighted by Crippen LogP contribution is -1.87. The minimum atomic E-state index is -2.44. The zero-order valence-electron chi connectivity index (χ0n) is 10.7. The molecule has 0 rings (SSSR count). The van der Waals surface area contributed by atoms with Gasteiger partial charge in [0.1, 0.15) is 11.5 Å². The number of hydrogen-bond acceptors (Lipinski definition) is 3. The van der Waals surface area contributed by atoms with E-state index < -0.39 is 8.25 Å².